The lowest BCUT2D eigenvalue weighted by molar-refractivity contribution is 0.0850. The number of nitrogens with zero attached hydrogens (tertiary/aromatic N) is 5. The SMILES string of the molecule is N#Cc1ccc(OC[C@@H](O)Cn2nnc(-c3cccc(F)c3)n2)cc1. The molecule has 0 radical (unpaired) electrons. The first-order valence-electron chi connectivity index (χ1n) is 7.49. The van der Waals surface area contributed by atoms with Crippen molar-refractivity contribution >= 4 is 0 Å². The van der Waals surface area contributed by atoms with Crippen molar-refractivity contribution in [3.63, 3.8) is 0 Å². The molecule has 0 unspecified atom stereocenters. The standard InChI is InChI=1S/C17H14FN5O2/c18-14-3-1-2-13(8-14)17-20-22-23(21-17)10-15(24)11-25-16-6-4-12(9-19)5-7-16/h1-8,15,24H,10-11H2/t15-/m0/s1. The number of nitriles is 1. The van der Waals surface area contributed by atoms with E-state index in [0.29, 0.717) is 16.9 Å². The van der Waals surface area contributed by atoms with Crippen molar-refractivity contribution in [2.24, 2.45) is 0 Å². The van der Waals surface area contributed by atoms with Crippen molar-refractivity contribution in [1.82, 2.24) is 20.2 Å². The van der Waals surface area contributed by atoms with E-state index in [-0.39, 0.29) is 24.8 Å². The molecule has 0 aliphatic carbocycles. The van der Waals surface area contributed by atoms with Gasteiger partial charge in [0.2, 0.25) is 5.82 Å². The second-order valence-electron chi connectivity index (χ2n) is 5.28. The monoisotopic (exact) mass is 339 g/mol. The van der Waals surface area contributed by atoms with Crippen molar-refractivity contribution in [2.75, 3.05) is 6.61 Å². The topological polar surface area (TPSA) is 96.8 Å². The Morgan fingerprint density at radius 3 is 2.76 bits per heavy atom. The Hall–Kier alpha value is -3.31. The van der Waals surface area contributed by atoms with Crippen LogP contribution in [0.4, 0.5) is 4.39 Å². The Bertz CT molecular complexity index is 889. The molecule has 3 aromatic rings. The van der Waals surface area contributed by atoms with Gasteiger partial charge in [-0.1, -0.05) is 12.1 Å². The summed E-state index contributed by atoms with van der Waals surface area (Å²) in [5.41, 5.74) is 1.04. The van der Waals surface area contributed by atoms with Crippen LogP contribution in [0.3, 0.4) is 0 Å². The zero-order valence-electron chi connectivity index (χ0n) is 13.1. The number of aromatic nitrogens is 4. The zero-order chi connectivity index (χ0) is 17.6. The summed E-state index contributed by atoms with van der Waals surface area (Å²) in [6.45, 7) is 0.112. The van der Waals surface area contributed by atoms with E-state index >= 15 is 0 Å². The molecule has 8 heteroatoms. The first-order valence-corrected chi connectivity index (χ1v) is 7.49. The summed E-state index contributed by atoms with van der Waals surface area (Å²) in [5, 5.41) is 30.6. The van der Waals surface area contributed by atoms with Gasteiger partial charge in [-0.25, -0.2) is 4.39 Å². The zero-order valence-corrected chi connectivity index (χ0v) is 13.1. The summed E-state index contributed by atoms with van der Waals surface area (Å²) < 4.78 is 18.7. The normalized spacial score (nSPS) is 11.7. The smallest absolute Gasteiger partial charge is 0.205 e. The third-order valence-electron chi connectivity index (χ3n) is 3.34. The Balaban J connectivity index is 1.56. The van der Waals surface area contributed by atoms with E-state index in [1.54, 1.807) is 36.4 Å². The molecule has 0 amide bonds. The minimum atomic E-state index is -0.856. The van der Waals surface area contributed by atoms with Crippen LogP contribution in [0.5, 0.6) is 5.75 Å². The second-order valence-corrected chi connectivity index (χ2v) is 5.28. The van der Waals surface area contributed by atoms with Gasteiger partial charge in [0, 0.05) is 5.56 Å². The number of hydrogen-bond donors (Lipinski definition) is 1. The van der Waals surface area contributed by atoms with Crippen LogP contribution < -0.4 is 4.74 Å². The van der Waals surface area contributed by atoms with Crippen molar-refractivity contribution in [3.05, 3.63) is 59.9 Å². The van der Waals surface area contributed by atoms with Gasteiger partial charge in [-0.15, -0.1) is 10.2 Å². The van der Waals surface area contributed by atoms with E-state index in [1.807, 2.05) is 6.07 Å². The fourth-order valence-corrected chi connectivity index (χ4v) is 2.12. The molecule has 0 saturated carbocycles. The highest BCUT2D eigenvalue weighted by Gasteiger charge is 2.11. The molecule has 126 valence electrons. The van der Waals surface area contributed by atoms with Crippen molar-refractivity contribution < 1.29 is 14.2 Å². The van der Waals surface area contributed by atoms with Gasteiger partial charge in [0.15, 0.2) is 0 Å². The van der Waals surface area contributed by atoms with E-state index in [2.05, 4.69) is 15.4 Å². The Morgan fingerprint density at radius 1 is 1.24 bits per heavy atom. The summed E-state index contributed by atoms with van der Waals surface area (Å²) in [6, 6.07) is 14.5. The van der Waals surface area contributed by atoms with E-state index in [0.717, 1.165) is 0 Å². The number of rotatable bonds is 6. The van der Waals surface area contributed by atoms with Gasteiger partial charge in [0.05, 0.1) is 18.2 Å². The molecule has 1 aromatic heterocycles. The molecule has 7 nitrogen and oxygen atoms in total. The number of benzene rings is 2. The van der Waals surface area contributed by atoms with Crippen LogP contribution in [0, 0.1) is 17.1 Å². The lowest BCUT2D eigenvalue weighted by Crippen LogP contribution is -2.24. The Labute approximate surface area is 142 Å². The largest absolute Gasteiger partial charge is 0.491 e. The highest BCUT2D eigenvalue weighted by Crippen LogP contribution is 2.15. The predicted octanol–water partition coefficient (Wildman–Crippen LogP) is 1.79. The van der Waals surface area contributed by atoms with E-state index in [9.17, 15) is 9.50 Å². The number of tetrazole rings is 1. The quantitative estimate of drug-likeness (QED) is 0.735. The molecule has 1 atom stereocenters. The van der Waals surface area contributed by atoms with Crippen LogP contribution in [-0.4, -0.2) is 38.0 Å². The summed E-state index contributed by atoms with van der Waals surface area (Å²) in [6.07, 6.45) is -0.856. The summed E-state index contributed by atoms with van der Waals surface area (Å²) in [7, 11) is 0. The molecule has 25 heavy (non-hydrogen) atoms. The first-order chi connectivity index (χ1) is 12.1. The molecule has 1 heterocycles. The third kappa shape index (κ3) is 4.37. The number of aliphatic hydroxyl groups excluding tert-OH is 1. The van der Waals surface area contributed by atoms with Gasteiger partial charge in [-0.2, -0.15) is 10.1 Å². The molecule has 1 N–H and O–H groups in total. The number of aliphatic hydroxyl groups is 1. The number of ether oxygens (including phenoxy) is 1. The molecular weight excluding hydrogens is 325 g/mol. The average Bonchev–Trinajstić information content (AvgIpc) is 3.09. The third-order valence-corrected chi connectivity index (χ3v) is 3.34. The van der Waals surface area contributed by atoms with Crippen LogP contribution in [-0.2, 0) is 6.54 Å². The highest BCUT2D eigenvalue weighted by molar-refractivity contribution is 5.53. The summed E-state index contributed by atoms with van der Waals surface area (Å²) in [5.74, 6) is 0.439. The van der Waals surface area contributed by atoms with Crippen LogP contribution in [0.1, 0.15) is 5.56 Å². The molecular formula is C17H14FN5O2. The maximum absolute atomic E-state index is 13.2. The van der Waals surface area contributed by atoms with E-state index < -0.39 is 6.10 Å². The first kappa shape index (κ1) is 16.5. The lowest BCUT2D eigenvalue weighted by atomic mass is 10.2. The Morgan fingerprint density at radius 2 is 2.04 bits per heavy atom. The molecule has 0 aliphatic rings. The van der Waals surface area contributed by atoms with Crippen LogP contribution >= 0.6 is 0 Å². The number of halogens is 1. The summed E-state index contributed by atoms with van der Waals surface area (Å²) in [4.78, 5) is 1.23. The highest BCUT2D eigenvalue weighted by atomic mass is 19.1. The van der Waals surface area contributed by atoms with Crippen LogP contribution in [0.15, 0.2) is 48.5 Å². The second kappa shape index (κ2) is 7.51. The fourth-order valence-electron chi connectivity index (χ4n) is 2.12. The maximum atomic E-state index is 13.2. The molecule has 0 saturated heterocycles. The molecule has 0 fully saturated rings. The van der Waals surface area contributed by atoms with Gasteiger partial charge in [-0.3, -0.25) is 0 Å². The molecule has 0 aliphatic heterocycles. The molecule has 0 bridgehead atoms. The van der Waals surface area contributed by atoms with Gasteiger partial charge >= 0.3 is 0 Å². The molecule has 0 spiro atoms. The van der Waals surface area contributed by atoms with E-state index in [1.165, 1.54) is 16.9 Å². The number of hydrogen-bond acceptors (Lipinski definition) is 6. The van der Waals surface area contributed by atoms with Gasteiger partial charge < -0.3 is 9.84 Å². The fraction of sp³-hybridized carbons (Fsp3) is 0.176. The predicted molar refractivity (Wildman–Crippen MR) is 85.9 cm³/mol. The minimum absolute atomic E-state index is 0.0305. The van der Waals surface area contributed by atoms with Gasteiger partial charge in [-0.05, 0) is 41.6 Å². The van der Waals surface area contributed by atoms with Crippen LogP contribution in [0.25, 0.3) is 11.4 Å². The summed E-state index contributed by atoms with van der Waals surface area (Å²) >= 11 is 0. The van der Waals surface area contributed by atoms with Gasteiger partial charge in [0.25, 0.3) is 0 Å². The minimum Gasteiger partial charge on any atom is -0.491 e. The van der Waals surface area contributed by atoms with E-state index in [4.69, 9.17) is 10.00 Å². The van der Waals surface area contributed by atoms with Gasteiger partial charge in [0.1, 0.15) is 24.3 Å². The van der Waals surface area contributed by atoms with Crippen molar-refractivity contribution in [3.8, 4) is 23.2 Å². The maximum Gasteiger partial charge on any atom is 0.205 e. The lowest BCUT2D eigenvalue weighted by Gasteiger charge is -2.11. The van der Waals surface area contributed by atoms with Crippen molar-refractivity contribution in [1.29, 1.82) is 5.26 Å². The molecule has 3 rings (SSSR count). The molecule has 2 aromatic carbocycles. The van der Waals surface area contributed by atoms with Crippen molar-refractivity contribution in [2.45, 2.75) is 12.6 Å². The Kier molecular flexibility index (Phi) is 4.97. The van der Waals surface area contributed by atoms with Crippen LogP contribution in [0.2, 0.25) is 0 Å². The average molecular weight is 339 g/mol.